The number of hydrogen-bond donors (Lipinski definition) is 0. The van der Waals surface area contributed by atoms with Gasteiger partial charge in [-0.3, -0.25) is 0 Å². The van der Waals surface area contributed by atoms with Crippen LogP contribution in [-0.2, 0) is 27.3 Å². The van der Waals surface area contributed by atoms with Gasteiger partial charge in [-0.2, -0.15) is 0 Å². The van der Waals surface area contributed by atoms with Gasteiger partial charge in [0.25, 0.3) is 0 Å². The average Bonchev–Trinajstić information content (AvgIpc) is 2.86. The fourth-order valence-corrected chi connectivity index (χ4v) is 3.40. The smallest absolute Gasteiger partial charge is 1.00 e. The van der Waals surface area contributed by atoms with Gasteiger partial charge in [-0.05, 0) is 37.0 Å². The average molecular weight is 421 g/mol. The van der Waals surface area contributed by atoms with Crippen molar-refractivity contribution in [2.24, 2.45) is 0 Å². The SMILES string of the molecule is CC1=CC(C)=C(c2ccccc2C(C)(C)[N-]c2ccccc2)C1.[Cl-].[Cl-].[Ti+3]. The monoisotopic (exact) mass is 420 g/mol. The predicted octanol–water partition coefficient (Wildman–Crippen LogP) is 0.756. The van der Waals surface area contributed by atoms with Crippen molar-refractivity contribution in [2.75, 3.05) is 0 Å². The molecule has 0 saturated carbocycles. The van der Waals surface area contributed by atoms with Gasteiger partial charge >= 0.3 is 21.7 Å². The largest absolute Gasteiger partial charge is 3.00 e. The summed E-state index contributed by atoms with van der Waals surface area (Å²) in [4.78, 5) is 0. The third-order valence-corrected chi connectivity index (χ3v) is 4.47. The van der Waals surface area contributed by atoms with Crippen LogP contribution in [0.2, 0.25) is 0 Å². The summed E-state index contributed by atoms with van der Waals surface area (Å²) in [5.74, 6) is 0. The molecule has 1 radical (unpaired) electrons. The van der Waals surface area contributed by atoms with Crippen molar-refractivity contribution in [2.45, 2.75) is 39.7 Å². The Morgan fingerprint density at radius 2 is 1.42 bits per heavy atom. The number of nitrogens with zero attached hydrogens (tertiary/aromatic N) is 1. The van der Waals surface area contributed by atoms with E-state index in [-0.39, 0.29) is 52.1 Å². The Kier molecular flexibility index (Phi) is 9.98. The molecule has 4 heteroatoms. The Bertz CT molecular complexity index is 780. The van der Waals surface area contributed by atoms with Gasteiger partial charge in [-0.1, -0.05) is 91.2 Å². The van der Waals surface area contributed by atoms with Crippen LogP contribution < -0.4 is 24.8 Å². The van der Waals surface area contributed by atoms with Crippen LogP contribution >= 0.6 is 0 Å². The van der Waals surface area contributed by atoms with Crippen molar-refractivity contribution in [3.8, 4) is 0 Å². The third-order valence-electron chi connectivity index (χ3n) is 4.47. The standard InChI is InChI=1S/C22H24N.2ClH.Ti/c1-16-14-17(2)20(15-16)19-12-8-9-13-21(19)22(3,4)23-18-10-6-5-7-11-18;;;/h5-14H,15H2,1-4H3;2*1H;/q-1;;;+3/p-2. The first-order valence-corrected chi connectivity index (χ1v) is 8.22. The zero-order valence-electron chi connectivity index (χ0n) is 15.7. The molecule has 0 heterocycles. The van der Waals surface area contributed by atoms with Crippen molar-refractivity contribution in [3.05, 3.63) is 88.3 Å². The summed E-state index contributed by atoms with van der Waals surface area (Å²) in [7, 11) is 0. The molecule has 0 spiro atoms. The minimum Gasteiger partial charge on any atom is -1.00 e. The molecule has 0 fully saturated rings. The van der Waals surface area contributed by atoms with Gasteiger partial charge in [0, 0.05) is 0 Å². The van der Waals surface area contributed by atoms with Crippen molar-refractivity contribution in [1.29, 1.82) is 0 Å². The van der Waals surface area contributed by atoms with E-state index < -0.39 is 0 Å². The quantitative estimate of drug-likeness (QED) is 0.648. The third kappa shape index (κ3) is 5.50. The molecule has 1 aliphatic rings. The molecule has 0 unspecified atom stereocenters. The molecule has 0 aromatic heterocycles. The van der Waals surface area contributed by atoms with Gasteiger partial charge in [-0.25, -0.2) is 0 Å². The Labute approximate surface area is 185 Å². The number of hydrogen-bond acceptors (Lipinski definition) is 0. The molecule has 0 saturated heterocycles. The number of rotatable bonds is 4. The summed E-state index contributed by atoms with van der Waals surface area (Å²) in [6, 6.07) is 18.9. The van der Waals surface area contributed by atoms with Crippen molar-refractivity contribution < 1.29 is 46.5 Å². The molecule has 2 aromatic rings. The van der Waals surface area contributed by atoms with Crippen LogP contribution in [0.4, 0.5) is 5.69 Å². The molecule has 26 heavy (non-hydrogen) atoms. The molecule has 1 aliphatic carbocycles. The maximum absolute atomic E-state index is 5.00. The van der Waals surface area contributed by atoms with Gasteiger partial charge in [0.1, 0.15) is 0 Å². The molecule has 0 bridgehead atoms. The molecule has 0 atom stereocenters. The van der Waals surface area contributed by atoms with Crippen molar-refractivity contribution in [1.82, 2.24) is 0 Å². The van der Waals surface area contributed by atoms with Crippen LogP contribution in [0.15, 0.2) is 71.8 Å². The van der Waals surface area contributed by atoms with Crippen LogP contribution in [0.3, 0.4) is 0 Å². The topological polar surface area (TPSA) is 14.1 Å². The summed E-state index contributed by atoms with van der Waals surface area (Å²) >= 11 is 0. The normalized spacial score (nSPS) is 13.2. The van der Waals surface area contributed by atoms with E-state index in [1.165, 1.54) is 27.8 Å². The van der Waals surface area contributed by atoms with E-state index in [1.54, 1.807) is 0 Å². The molecule has 3 rings (SSSR count). The maximum atomic E-state index is 5.00. The second kappa shape index (κ2) is 10.4. The van der Waals surface area contributed by atoms with Crippen molar-refractivity contribution >= 4 is 11.3 Å². The first-order valence-electron chi connectivity index (χ1n) is 8.22. The zero-order chi connectivity index (χ0) is 16.4. The summed E-state index contributed by atoms with van der Waals surface area (Å²) in [6.07, 6.45) is 3.34. The minimum absolute atomic E-state index is 0. The molecular weight excluding hydrogens is 397 g/mol. The van der Waals surface area contributed by atoms with Crippen molar-refractivity contribution in [3.63, 3.8) is 0 Å². The zero-order valence-corrected chi connectivity index (χ0v) is 18.8. The number of benzene rings is 2. The second-order valence-corrected chi connectivity index (χ2v) is 6.88. The van der Waals surface area contributed by atoms with E-state index in [4.69, 9.17) is 5.32 Å². The van der Waals surface area contributed by atoms with Gasteiger partial charge in [0.2, 0.25) is 0 Å². The van der Waals surface area contributed by atoms with E-state index in [0.29, 0.717) is 0 Å². The summed E-state index contributed by atoms with van der Waals surface area (Å²) in [6.45, 7) is 8.82. The molecule has 0 N–H and O–H groups in total. The predicted molar refractivity (Wildman–Crippen MR) is 99.9 cm³/mol. The van der Waals surface area contributed by atoms with Gasteiger partial charge in [0.05, 0.1) is 0 Å². The van der Waals surface area contributed by atoms with Gasteiger partial charge < -0.3 is 30.1 Å². The fraction of sp³-hybridized carbons (Fsp3) is 0.273. The second-order valence-electron chi connectivity index (χ2n) is 6.88. The number of allylic oxidation sites excluding steroid dienone is 4. The Morgan fingerprint density at radius 3 is 2.00 bits per heavy atom. The van der Waals surface area contributed by atoms with Gasteiger partial charge in [0.15, 0.2) is 0 Å². The van der Waals surface area contributed by atoms with Crippen LogP contribution in [0.25, 0.3) is 10.9 Å². The summed E-state index contributed by atoms with van der Waals surface area (Å²) in [5.41, 5.74) is 7.65. The van der Waals surface area contributed by atoms with E-state index in [9.17, 15) is 0 Å². The van der Waals surface area contributed by atoms with Crippen LogP contribution in [-0.4, -0.2) is 0 Å². The minimum atomic E-state index is -0.262. The summed E-state index contributed by atoms with van der Waals surface area (Å²) in [5, 5.41) is 5.00. The molecule has 2 aromatic carbocycles. The first-order chi connectivity index (χ1) is 11.0. The van der Waals surface area contributed by atoms with E-state index in [2.05, 4.69) is 70.2 Å². The Balaban J connectivity index is 0.00000208. The van der Waals surface area contributed by atoms with Crippen LogP contribution in [0.1, 0.15) is 45.2 Å². The number of para-hydroxylation sites is 1. The van der Waals surface area contributed by atoms with Crippen LogP contribution in [0.5, 0.6) is 0 Å². The maximum Gasteiger partial charge on any atom is 3.00 e. The van der Waals surface area contributed by atoms with E-state index >= 15 is 0 Å². The van der Waals surface area contributed by atoms with E-state index in [0.717, 1.165) is 12.1 Å². The number of halogens is 2. The molecule has 1 nitrogen and oxygen atoms in total. The van der Waals surface area contributed by atoms with E-state index in [1.807, 2.05) is 18.2 Å². The molecular formula is C22H24Cl2NTi. The Morgan fingerprint density at radius 1 is 0.846 bits per heavy atom. The molecule has 0 amide bonds. The summed E-state index contributed by atoms with van der Waals surface area (Å²) < 4.78 is 0. The molecule has 0 aliphatic heterocycles. The van der Waals surface area contributed by atoms with Crippen LogP contribution in [0, 0.1) is 0 Å². The fourth-order valence-electron chi connectivity index (χ4n) is 3.40. The molecule has 135 valence electrons. The first kappa shape index (κ1) is 25.0. The van der Waals surface area contributed by atoms with Gasteiger partial charge in [-0.15, -0.1) is 5.69 Å². The Hall–Kier alpha value is -0.986.